The van der Waals surface area contributed by atoms with Crippen LogP contribution in [0.2, 0.25) is 0 Å². The number of aromatic nitrogens is 3. The number of sulfonamides is 1. The first-order valence-corrected chi connectivity index (χ1v) is 10.2. The fourth-order valence-electron chi connectivity index (χ4n) is 2.35. The van der Waals surface area contributed by atoms with Gasteiger partial charge in [0.25, 0.3) is 0 Å². The van der Waals surface area contributed by atoms with Crippen molar-refractivity contribution in [3.63, 3.8) is 0 Å². The van der Waals surface area contributed by atoms with Crippen LogP contribution < -0.4 is 10.6 Å². The van der Waals surface area contributed by atoms with Gasteiger partial charge >= 0.3 is 6.03 Å². The summed E-state index contributed by atoms with van der Waals surface area (Å²) in [7, 11) is -0.568. The molecule has 1 aromatic heterocycles. The third-order valence-electron chi connectivity index (χ3n) is 3.83. The highest BCUT2D eigenvalue weighted by atomic mass is 32.2. The van der Waals surface area contributed by atoms with E-state index in [4.69, 9.17) is 4.74 Å². The monoisotopic (exact) mass is 398 g/mol. The van der Waals surface area contributed by atoms with E-state index in [0.717, 1.165) is 10.7 Å². The van der Waals surface area contributed by atoms with Crippen molar-refractivity contribution < 1.29 is 17.9 Å². The van der Waals surface area contributed by atoms with Crippen molar-refractivity contribution in [3.05, 3.63) is 18.2 Å². The Bertz CT molecular complexity index is 865. The molecule has 27 heavy (non-hydrogen) atoms. The molecule has 1 heterocycles. The zero-order valence-corrected chi connectivity index (χ0v) is 16.6. The van der Waals surface area contributed by atoms with Crippen LogP contribution in [0.15, 0.2) is 23.1 Å². The summed E-state index contributed by atoms with van der Waals surface area (Å²) in [6.45, 7) is 4.54. The summed E-state index contributed by atoms with van der Waals surface area (Å²) in [6, 6.07) is 4.43. The first-order chi connectivity index (χ1) is 12.9. The second-order valence-corrected chi connectivity index (χ2v) is 8.14. The van der Waals surface area contributed by atoms with Crippen LogP contribution >= 0.6 is 0 Å². The first-order valence-electron chi connectivity index (χ1n) is 8.71. The minimum atomic E-state index is -3.52. The topological polar surface area (TPSA) is 118 Å². The van der Waals surface area contributed by atoms with Gasteiger partial charge < -0.3 is 15.4 Å². The van der Waals surface area contributed by atoms with Crippen molar-refractivity contribution in [1.29, 1.82) is 0 Å². The standard InChI is InChI=1S/C16H26N6O4S/c1-4-26-11-5-8-17-16(23)18-9-10-22-15-7-6-13(12-14(15)19-20-22)27(24,25)21(2)3/h6-7,12H,4-5,8-11H2,1-3H3,(H2,17,18,23). The summed E-state index contributed by atoms with van der Waals surface area (Å²) in [5.74, 6) is 0. The molecule has 0 bridgehead atoms. The van der Waals surface area contributed by atoms with Gasteiger partial charge in [-0.25, -0.2) is 22.2 Å². The van der Waals surface area contributed by atoms with Crippen LogP contribution in [0.25, 0.3) is 11.0 Å². The highest BCUT2D eigenvalue weighted by Gasteiger charge is 2.18. The molecule has 0 atom stereocenters. The van der Waals surface area contributed by atoms with Crippen LogP contribution in [0, 0.1) is 0 Å². The van der Waals surface area contributed by atoms with Gasteiger partial charge in [-0.3, -0.25) is 0 Å². The zero-order valence-electron chi connectivity index (χ0n) is 15.8. The van der Waals surface area contributed by atoms with Gasteiger partial charge in [0.2, 0.25) is 10.0 Å². The van der Waals surface area contributed by atoms with Crippen molar-refractivity contribution in [1.82, 2.24) is 29.9 Å². The minimum Gasteiger partial charge on any atom is -0.382 e. The minimum absolute atomic E-state index is 0.164. The number of hydrogen-bond donors (Lipinski definition) is 2. The Labute approximate surface area is 158 Å². The van der Waals surface area contributed by atoms with Gasteiger partial charge in [0.05, 0.1) is 17.0 Å². The molecule has 0 radical (unpaired) electrons. The van der Waals surface area contributed by atoms with E-state index in [2.05, 4.69) is 20.9 Å². The van der Waals surface area contributed by atoms with Gasteiger partial charge in [-0.2, -0.15) is 0 Å². The molecule has 0 aliphatic rings. The van der Waals surface area contributed by atoms with E-state index in [1.54, 1.807) is 10.7 Å². The predicted molar refractivity (Wildman–Crippen MR) is 101 cm³/mol. The maximum Gasteiger partial charge on any atom is 0.314 e. The van der Waals surface area contributed by atoms with E-state index in [1.807, 2.05) is 6.92 Å². The number of fused-ring (bicyclic) bond motifs is 1. The van der Waals surface area contributed by atoms with E-state index in [-0.39, 0.29) is 10.9 Å². The highest BCUT2D eigenvalue weighted by Crippen LogP contribution is 2.19. The van der Waals surface area contributed by atoms with E-state index >= 15 is 0 Å². The largest absolute Gasteiger partial charge is 0.382 e. The number of rotatable bonds is 10. The molecule has 10 nitrogen and oxygen atoms in total. The molecule has 2 aromatic rings. The van der Waals surface area contributed by atoms with Crippen LogP contribution in [0.1, 0.15) is 13.3 Å². The molecule has 1 aromatic carbocycles. The van der Waals surface area contributed by atoms with Gasteiger partial charge in [0.1, 0.15) is 5.52 Å². The van der Waals surface area contributed by atoms with E-state index in [0.29, 0.717) is 43.9 Å². The second-order valence-electron chi connectivity index (χ2n) is 5.98. The molecule has 150 valence electrons. The Hall–Kier alpha value is -2.24. The van der Waals surface area contributed by atoms with Gasteiger partial charge in [-0.05, 0) is 31.5 Å². The average Bonchev–Trinajstić information content (AvgIpc) is 3.04. The molecule has 0 spiro atoms. The number of carbonyl (C=O) groups is 1. The van der Waals surface area contributed by atoms with E-state index in [1.165, 1.54) is 26.2 Å². The Balaban J connectivity index is 1.88. The summed E-state index contributed by atoms with van der Waals surface area (Å²) in [5.41, 5.74) is 1.19. The van der Waals surface area contributed by atoms with Gasteiger partial charge in [-0.15, -0.1) is 5.10 Å². The Morgan fingerprint density at radius 2 is 2.00 bits per heavy atom. The lowest BCUT2D eigenvalue weighted by Gasteiger charge is -2.11. The summed E-state index contributed by atoms with van der Waals surface area (Å²) in [6.07, 6.45) is 0.757. The summed E-state index contributed by atoms with van der Waals surface area (Å²) >= 11 is 0. The fraction of sp³-hybridized carbons (Fsp3) is 0.562. The van der Waals surface area contributed by atoms with Crippen molar-refractivity contribution in [3.8, 4) is 0 Å². The fourth-order valence-corrected chi connectivity index (χ4v) is 3.27. The molecule has 0 fully saturated rings. The molecule has 0 saturated heterocycles. The quantitative estimate of drug-likeness (QED) is 0.560. The third-order valence-corrected chi connectivity index (χ3v) is 5.64. The maximum absolute atomic E-state index is 12.2. The number of urea groups is 1. The van der Waals surface area contributed by atoms with Gasteiger partial charge in [0.15, 0.2) is 0 Å². The zero-order chi connectivity index (χ0) is 19.9. The molecular weight excluding hydrogens is 372 g/mol. The van der Waals surface area contributed by atoms with Crippen LogP contribution in [0.4, 0.5) is 4.79 Å². The molecule has 0 aliphatic carbocycles. The van der Waals surface area contributed by atoms with Gasteiger partial charge in [-0.1, -0.05) is 5.21 Å². The summed E-state index contributed by atoms with van der Waals surface area (Å²) in [4.78, 5) is 11.9. The first kappa shape index (κ1) is 21.1. The Morgan fingerprint density at radius 1 is 1.26 bits per heavy atom. The number of benzene rings is 1. The van der Waals surface area contributed by atoms with Crippen molar-refractivity contribution in [2.45, 2.75) is 24.8 Å². The SMILES string of the molecule is CCOCCCNC(=O)NCCn1nnc2cc(S(=O)(=O)N(C)C)ccc21. The highest BCUT2D eigenvalue weighted by molar-refractivity contribution is 7.89. The van der Waals surface area contributed by atoms with Gasteiger partial charge in [0, 0.05) is 40.4 Å². The lowest BCUT2D eigenvalue weighted by molar-refractivity contribution is 0.145. The van der Waals surface area contributed by atoms with E-state index < -0.39 is 10.0 Å². The molecule has 2 amide bonds. The number of amides is 2. The molecule has 0 unspecified atom stereocenters. The van der Waals surface area contributed by atoms with Crippen LogP contribution in [0.3, 0.4) is 0 Å². The molecular formula is C16H26N6O4S. The van der Waals surface area contributed by atoms with E-state index in [9.17, 15) is 13.2 Å². The molecule has 2 N–H and O–H groups in total. The van der Waals surface area contributed by atoms with Crippen LogP contribution in [-0.4, -0.2) is 74.1 Å². The maximum atomic E-state index is 12.2. The number of carbonyl (C=O) groups excluding carboxylic acids is 1. The smallest absolute Gasteiger partial charge is 0.314 e. The Morgan fingerprint density at radius 3 is 2.70 bits per heavy atom. The normalized spacial score (nSPS) is 11.9. The lowest BCUT2D eigenvalue weighted by atomic mass is 10.3. The number of nitrogens with one attached hydrogen (secondary N) is 2. The van der Waals surface area contributed by atoms with Crippen LogP contribution in [-0.2, 0) is 21.3 Å². The summed E-state index contributed by atoms with van der Waals surface area (Å²) in [5, 5.41) is 13.5. The Kier molecular flexibility index (Phi) is 7.51. The second kappa shape index (κ2) is 9.62. The number of nitrogens with zero attached hydrogens (tertiary/aromatic N) is 4. The molecule has 2 rings (SSSR count). The third kappa shape index (κ3) is 5.62. The summed E-state index contributed by atoms with van der Waals surface area (Å²) < 4.78 is 32.3. The molecule has 0 aliphatic heterocycles. The van der Waals surface area contributed by atoms with Crippen molar-refractivity contribution >= 4 is 27.1 Å². The van der Waals surface area contributed by atoms with Crippen LogP contribution in [0.5, 0.6) is 0 Å². The average molecular weight is 398 g/mol. The van der Waals surface area contributed by atoms with Crippen molar-refractivity contribution in [2.75, 3.05) is 40.4 Å². The number of ether oxygens (including phenoxy) is 1. The molecule has 0 saturated carbocycles. The van der Waals surface area contributed by atoms with Crippen molar-refractivity contribution in [2.24, 2.45) is 0 Å². The lowest BCUT2D eigenvalue weighted by Crippen LogP contribution is -2.38. The number of hydrogen-bond acceptors (Lipinski definition) is 6. The predicted octanol–water partition coefficient (Wildman–Crippen LogP) is 0.407. The molecule has 11 heteroatoms.